The van der Waals surface area contributed by atoms with E-state index in [2.05, 4.69) is 53.1 Å². The van der Waals surface area contributed by atoms with Crippen molar-refractivity contribution in [1.82, 2.24) is 29.7 Å². The van der Waals surface area contributed by atoms with Gasteiger partial charge in [0.25, 0.3) is 0 Å². The van der Waals surface area contributed by atoms with E-state index in [1.165, 1.54) is 11.1 Å². The predicted octanol–water partition coefficient (Wildman–Crippen LogP) is 8.63. The van der Waals surface area contributed by atoms with Gasteiger partial charge in [-0.1, -0.05) is 84.0 Å². The lowest BCUT2D eigenvalue weighted by atomic mass is 9.98. The molecular weight excluding hydrogens is 1140 g/mol. The van der Waals surface area contributed by atoms with Crippen molar-refractivity contribution in [3.8, 4) is 0 Å². The van der Waals surface area contributed by atoms with Gasteiger partial charge in [0.05, 0.1) is 6.57 Å². The summed E-state index contributed by atoms with van der Waals surface area (Å²) < 4.78 is 0. The first-order valence-corrected chi connectivity index (χ1v) is 29.5. The fourth-order valence-electron chi connectivity index (χ4n) is 10.8. The number of nitrogens with zero attached hydrogens (tertiary/aromatic N) is 8. The molecule has 21 nitrogen and oxygen atoms in total. The maximum atomic E-state index is 12.6. The number of amidine groups is 1. The Balaban J connectivity index is 0.000000149. The molecule has 0 bridgehead atoms. The lowest BCUT2D eigenvalue weighted by molar-refractivity contribution is -0.126. The van der Waals surface area contributed by atoms with Gasteiger partial charge in [-0.15, -0.1) is 0 Å². The van der Waals surface area contributed by atoms with E-state index < -0.39 is 5.91 Å². The fourth-order valence-corrected chi connectivity index (χ4v) is 10.8. The number of nitrogens with one attached hydrogen (secondary N) is 3. The molecule has 6 aliphatic rings. The van der Waals surface area contributed by atoms with E-state index in [0.29, 0.717) is 112 Å². The third-order valence-electron chi connectivity index (χ3n) is 16.0. The summed E-state index contributed by atoms with van der Waals surface area (Å²) in [5.74, 6) is 1.27. The molecule has 0 saturated carbocycles. The van der Waals surface area contributed by atoms with Gasteiger partial charge in [0.1, 0.15) is 17.5 Å². The molecule has 454 valence electrons. The number of carbonyl (C=O) groups is 7. The molecule has 8 N–H and O–H groups in total. The minimum Gasteiger partial charge on any atom is -0.409 e. The Morgan fingerprint density at radius 1 is 0.489 bits per heavy atom. The van der Waals surface area contributed by atoms with Crippen LogP contribution in [0.3, 0.4) is 0 Å². The molecule has 6 aromatic rings. The zero-order chi connectivity index (χ0) is 63.1. The van der Waals surface area contributed by atoms with Gasteiger partial charge in [-0.3, -0.25) is 33.6 Å². The van der Waals surface area contributed by atoms with Gasteiger partial charge in [-0.2, -0.15) is 0 Å². The van der Waals surface area contributed by atoms with Gasteiger partial charge < -0.3 is 47.3 Å². The molecular formula is C69H65N13O8. The maximum Gasteiger partial charge on any atom is 0.248 e. The summed E-state index contributed by atoms with van der Waals surface area (Å²) in [6.07, 6.45) is 26.8. The molecule has 0 spiro atoms. The lowest BCUT2D eigenvalue weighted by Gasteiger charge is -2.25. The molecule has 0 saturated heterocycles. The number of carbonyl (C=O) groups excluding carboxylic acids is 7. The Hall–Kier alpha value is -11.4. The lowest BCUT2D eigenvalue weighted by Crippen LogP contribution is -2.33. The number of aryl methyl sites for hydroxylation is 3. The van der Waals surface area contributed by atoms with Crippen molar-refractivity contribution in [1.29, 1.82) is 0 Å². The Bertz CT molecular complexity index is 4060. The summed E-state index contributed by atoms with van der Waals surface area (Å²) in [4.78, 5) is 105. The van der Waals surface area contributed by atoms with Crippen LogP contribution in [0.5, 0.6) is 0 Å². The maximum absolute atomic E-state index is 12.6. The number of hydrogen-bond acceptors (Lipinski definition) is 12. The number of primary amides is 1. The number of pyridine rings is 3. The highest BCUT2D eigenvalue weighted by Crippen LogP contribution is 2.29. The highest BCUT2D eigenvalue weighted by molar-refractivity contribution is 5.99. The normalized spacial score (nSPS) is 16.3. The van der Waals surface area contributed by atoms with Gasteiger partial charge in [-0.25, -0.2) is 19.8 Å². The molecule has 0 atom stereocenters. The van der Waals surface area contributed by atoms with Crippen LogP contribution in [0.2, 0.25) is 0 Å². The Kier molecular flexibility index (Phi) is 19.8. The highest BCUT2D eigenvalue weighted by Gasteiger charge is 2.22. The third kappa shape index (κ3) is 16.0. The average Bonchev–Trinajstić information content (AvgIpc) is 3.76. The summed E-state index contributed by atoms with van der Waals surface area (Å²) in [6, 6.07) is 28.1. The van der Waals surface area contributed by atoms with E-state index in [4.69, 9.17) is 23.2 Å². The Morgan fingerprint density at radius 3 is 1.12 bits per heavy atom. The molecule has 21 heteroatoms. The molecule has 3 aromatic carbocycles. The summed E-state index contributed by atoms with van der Waals surface area (Å²) >= 11 is 0. The quantitative estimate of drug-likeness (QED) is 0.0177. The predicted molar refractivity (Wildman–Crippen MR) is 345 cm³/mol. The van der Waals surface area contributed by atoms with E-state index >= 15 is 0 Å². The summed E-state index contributed by atoms with van der Waals surface area (Å²) in [5.41, 5.74) is 24.9. The number of amides is 7. The number of fused-ring (bicyclic) bond motifs is 3. The van der Waals surface area contributed by atoms with Crippen LogP contribution in [0.15, 0.2) is 151 Å². The zero-order valence-corrected chi connectivity index (χ0v) is 49.2. The minimum absolute atomic E-state index is 0.0108. The highest BCUT2D eigenvalue weighted by atomic mass is 16.4. The van der Waals surface area contributed by atoms with E-state index in [1.807, 2.05) is 84.9 Å². The molecule has 0 fully saturated rings. The van der Waals surface area contributed by atoms with Crippen LogP contribution in [0.25, 0.3) is 39.8 Å². The van der Waals surface area contributed by atoms with Crippen LogP contribution in [-0.2, 0) is 48.0 Å². The summed E-state index contributed by atoms with van der Waals surface area (Å²) in [5, 5.41) is 20.0. The average molecular weight is 1200 g/mol. The second kappa shape index (κ2) is 28.9. The van der Waals surface area contributed by atoms with E-state index in [-0.39, 0.29) is 41.3 Å². The second-order valence-electron chi connectivity index (χ2n) is 21.9. The standard InChI is InChI=1S/C23H23N5O3.C23H22N4O3.C23H20N4O2/c24-22(27-31)18-4-2-16(3-5-18)17-9-11-28(12-10-17)21(30)8-1-15-13-19-6-7-20(29)26-23(19)25-14-15;24-22(30)18-4-2-16(3-5-18)17-9-11-27(12-10-17)21(29)8-1-15-13-19-6-7-20(28)26-23(19)25-14-15;1-24-20-6-3-17(4-7-20)18-10-12-27(13-11-18)22(29)9-2-16-14-19-5-8-21(28)26-23(19)25-15-16/h1-5,8-9,13-14,31H,6-7,10-12H2,(H2,24,27)(H,25,26,29);1-5,8-9,13-14H,6-7,10-12H2,(H2,24,30)(H,25,26,28);2-4,6-7,9-10,14-15H,5,8,11-13H2,(H,25,26,28)/b2*8-1+;9-2+. The number of oxime groups is 1. The van der Waals surface area contributed by atoms with Crippen molar-refractivity contribution in [2.75, 3.05) is 55.2 Å². The van der Waals surface area contributed by atoms with Gasteiger partial charge in [0.15, 0.2) is 11.5 Å². The molecule has 0 unspecified atom stereocenters. The number of anilines is 3. The van der Waals surface area contributed by atoms with Gasteiger partial charge in [0, 0.05) is 106 Å². The molecule has 12 rings (SSSR count). The Morgan fingerprint density at radius 2 is 0.822 bits per heavy atom. The van der Waals surface area contributed by atoms with Crippen molar-refractivity contribution >= 4 is 105 Å². The van der Waals surface area contributed by atoms with Crippen LogP contribution >= 0.6 is 0 Å². The van der Waals surface area contributed by atoms with Gasteiger partial charge in [0.2, 0.25) is 41.4 Å². The second-order valence-corrected chi connectivity index (χ2v) is 21.9. The molecule has 90 heavy (non-hydrogen) atoms. The molecule has 0 radical (unpaired) electrons. The third-order valence-corrected chi connectivity index (χ3v) is 16.0. The van der Waals surface area contributed by atoms with Crippen molar-refractivity contribution in [3.05, 3.63) is 219 Å². The van der Waals surface area contributed by atoms with E-state index in [0.717, 1.165) is 74.9 Å². The van der Waals surface area contributed by atoms with Crippen molar-refractivity contribution in [2.24, 2.45) is 16.6 Å². The summed E-state index contributed by atoms with van der Waals surface area (Å²) in [7, 11) is 0. The molecule has 6 aliphatic heterocycles. The molecule has 7 amide bonds. The largest absolute Gasteiger partial charge is 0.409 e. The molecule has 0 aliphatic carbocycles. The Labute approximate surface area is 519 Å². The van der Waals surface area contributed by atoms with Gasteiger partial charge >= 0.3 is 0 Å². The van der Waals surface area contributed by atoms with Crippen LogP contribution in [0.4, 0.5) is 23.1 Å². The minimum atomic E-state index is -0.443. The van der Waals surface area contributed by atoms with Crippen molar-refractivity contribution in [3.63, 3.8) is 0 Å². The fraction of sp³-hybridized carbons (Fsp3) is 0.217. The topological polar surface area (TPSA) is 293 Å². The van der Waals surface area contributed by atoms with Gasteiger partial charge in [-0.05, 0) is 154 Å². The number of aromatic nitrogens is 3. The smallest absolute Gasteiger partial charge is 0.248 e. The van der Waals surface area contributed by atoms with Crippen LogP contribution in [0.1, 0.15) is 105 Å². The van der Waals surface area contributed by atoms with Crippen LogP contribution in [-0.4, -0.2) is 121 Å². The first-order chi connectivity index (χ1) is 43.6. The van der Waals surface area contributed by atoms with Crippen molar-refractivity contribution in [2.45, 2.75) is 57.8 Å². The van der Waals surface area contributed by atoms with E-state index in [1.54, 1.807) is 81.9 Å². The number of hydrogen-bond donors (Lipinski definition) is 6. The SMILES string of the molecule is N/C(=N\O)c1ccc(C2=CCN(C(=O)/C=C/c3cnc4c(c3)CCC(=O)N4)CC2)cc1.NC(=O)c1ccc(C2=CCN(C(=O)/C=C/c3cnc4c(c3)CCC(=O)N4)CC2)cc1.[C-]#[N+]c1ccc(C2=CCN(C(=O)/C=C/c3cnc4c(c3)CCC(=O)N4)CC2)cc1. The molecule has 9 heterocycles. The molecule has 3 aromatic heterocycles. The number of benzene rings is 3. The first kappa shape index (κ1) is 61.7. The number of rotatable bonds is 11. The van der Waals surface area contributed by atoms with E-state index in [9.17, 15) is 33.6 Å². The van der Waals surface area contributed by atoms with Crippen LogP contribution in [0, 0.1) is 6.57 Å². The zero-order valence-electron chi connectivity index (χ0n) is 49.2. The van der Waals surface area contributed by atoms with Crippen molar-refractivity contribution < 1.29 is 38.8 Å². The summed E-state index contributed by atoms with van der Waals surface area (Å²) in [6.45, 7) is 10.6. The monoisotopic (exact) mass is 1200 g/mol. The first-order valence-electron chi connectivity index (χ1n) is 29.5. The number of nitrogens with two attached hydrogens (primary N) is 2. The van der Waals surface area contributed by atoms with Crippen LogP contribution < -0.4 is 27.4 Å².